The van der Waals surface area contributed by atoms with Gasteiger partial charge >= 0.3 is 5.97 Å². The average molecular weight is 550 g/mol. The van der Waals surface area contributed by atoms with Gasteiger partial charge in [0.2, 0.25) is 0 Å². The molecule has 7 nitrogen and oxygen atoms in total. The number of hydrogen-bond donors (Lipinski definition) is 3. The number of carbonyl (C=O) groups excluding carboxylic acids is 1. The molecule has 1 aliphatic rings. The number of amides is 1. The molecule has 0 saturated heterocycles. The molecule has 1 amide bonds. The molecule has 3 aromatic rings. The fourth-order valence-electron chi connectivity index (χ4n) is 4.55. The molecule has 0 saturated carbocycles. The third kappa shape index (κ3) is 8.28. The molecule has 0 unspecified atom stereocenters. The Morgan fingerprint density at radius 3 is 2.55 bits per heavy atom. The first-order chi connectivity index (χ1) is 19.0. The van der Waals surface area contributed by atoms with E-state index in [1.165, 1.54) is 5.56 Å². The van der Waals surface area contributed by atoms with Crippen molar-refractivity contribution in [3.63, 3.8) is 0 Å². The number of amidine groups is 1. The zero-order chi connectivity index (χ0) is 27.6. The van der Waals surface area contributed by atoms with E-state index in [0.717, 1.165) is 34.6 Å². The maximum Gasteiger partial charge on any atom is 0.326 e. The van der Waals surface area contributed by atoms with Gasteiger partial charge in [0.25, 0.3) is 5.91 Å². The number of nitrogens with one attached hydrogen (secondary N) is 2. The number of rotatable bonds is 11. The van der Waals surface area contributed by atoms with Gasteiger partial charge in [0.15, 0.2) is 0 Å². The van der Waals surface area contributed by atoms with Gasteiger partial charge in [-0.1, -0.05) is 66.7 Å². The van der Waals surface area contributed by atoms with Crippen LogP contribution < -0.4 is 10.6 Å². The summed E-state index contributed by atoms with van der Waals surface area (Å²) in [5, 5.41) is 15.7. The molecule has 1 radical (unpaired) electrons. The van der Waals surface area contributed by atoms with Crippen molar-refractivity contribution in [2.24, 2.45) is 4.99 Å². The van der Waals surface area contributed by atoms with Crippen LogP contribution in [-0.2, 0) is 17.9 Å². The molecule has 0 aromatic heterocycles. The Morgan fingerprint density at radius 1 is 1.07 bits per heavy atom. The van der Waals surface area contributed by atoms with E-state index in [0.29, 0.717) is 30.8 Å². The summed E-state index contributed by atoms with van der Waals surface area (Å²) < 4.78 is 0. The standard InChI is InChI=1S/C31H34N4O3S.Li/c1-22-9-6-7-13-25(22)29-24(12-8-14-26(29)30(36)34-27(31(37)38)15-18-39-2)19-33-28-21-35(17-16-32-28)20-23-10-4-3-5-11-23;/h3-14,16-17,27H,15,18-21H2,1-2H3,(H,32,33)(H,34,36)(H,37,38);/t27-;/m0./s1. The average Bonchev–Trinajstić information content (AvgIpc) is 2.95. The summed E-state index contributed by atoms with van der Waals surface area (Å²) >= 11 is 1.55. The third-order valence-corrected chi connectivity index (χ3v) is 7.22. The molecule has 4 rings (SSSR count). The van der Waals surface area contributed by atoms with E-state index in [1.54, 1.807) is 17.8 Å². The smallest absolute Gasteiger partial charge is 0.326 e. The molecule has 3 N–H and O–H groups in total. The van der Waals surface area contributed by atoms with E-state index in [1.807, 2.05) is 80.2 Å². The van der Waals surface area contributed by atoms with E-state index in [9.17, 15) is 14.7 Å². The molecular weight excluding hydrogens is 515 g/mol. The molecule has 40 heavy (non-hydrogen) atoms. The van der Waals surface area contributed by atoms with Crippen LogP contribution in [0, 0.1) is 6.92 Å². The van der Waals surface area contributed by atoms with Crippen LogP contribution in [0.15, 0.2) is 90.2 Å². The largest absolute Gasteiger partial charge is 0.480 e. The van der Waals surface area contributed by atoms with E-state index < -0.39 is 17.9 Å². The van der Waals surface area contributed by atoms with Crippen LogP contribution >= 0.6 is 11.8 Å². The summed E-state index contributed by atoms with van der Waals surface area (Å²) in [6, 6.07) is 22.8. The first-order valence-electron chi connectivity index (χ1n) is 12.9. The summed E-state index contributed by atoms with van der Waals surface area (Å²) in [5.41, 5.74) is 5.29. The van der Waals surface area contributed by atoms with Crippen molar-refractivity contribution in [3.8, 4) is 11.1 Å². The molecule has 203 valence electrons. The number of aliphatic carboxylic acids is 1. The second-order valence-electron chi connectivity index (χ2n) is 9.41. The Balaban J connectivity index is 0.00000441. The van der Waals surface area contributed by atoms with Gasteiger partial charge in [0.05, 0.1) is 13.1 Å². The first-order valence-corrected chi connectivity index (χ1v) is 14.3. The van der Waals surface area contributed by atoms with Crippen LogP contribution in [0.2, 0.25) is 0 Å². The summed E-state index contributed by atoms with van der Waals surface area (Å²) in [5.74, 6) is 0.0437. The molecule has 0 bridgehead atoms. The number of carboxylic acid groups (broad SMARTS) is 1. The summed E-state index contributed by atoms with van der Waals surface area (Å²) in [6.07, 6.45) is 6.18. The maximum atomic E-state index is 13.5. The molecular formula is C31H34LiN4O3S. The van der Waals surface area contributed by atoms with Gasteiger partial charge in [-0.2, -0.15) is 11.8 Å². The summed E-state index contributed by atoms with van der Waals surface area (Å²) in [7, 11) is 0. The minimum Gasteiger partial charge on any atom is -0.480 e. The molecule has 1 heterocycles. The van der Waals surface area contributed by atoms with E-state index in [-0.39, 0.29) is 18.9 Å². The Hall–Kier alpha value is -3.44. The maximum absolute atomic E-state index is 13.5. The Labute approximate surface area is 252 Å². The summed E-state index contributed by atoms with van der Waals surface area (Å²) in [4.78, 5) is 32.3. The van der Waals surface area contributed by atoms with Gasteiger partial charge in [0.1, 0.15) is 11.9 Å². The fourth-order valence-corrected chi connectivity index (χ4v) is 5.03. The number of benzene rings is 3. The normalized spacial score (nSPS) is 14.2. The van der Waals surface area contributed by atoms with Crippen molar-refractivity contribution < 1.29 is 14.7 Å². The number of hydrogen-bond acceptors (Lipinski definition) is 5. The van der Waals surface area contributed by atoms with Crippen molar-refractivity contribution in [2.45, 2.75) is 32.5 Å². The molecule has 1 aliphatic heterocycles. The van der Waals surface area contributed by atoms with Gasteiger partial charge in [-0.05, 0) is 59.2 Å². The van der Waals surface area contributed by atoms with Crippen molar-refractivity contribution in [1.29, 1.82) is 0 Å². The van der Waals surface area contributed by atoms with Gasteiger partial charge < -0.3 is 20.6 Å². The van der Waals surface area contributed by atoms with E-state index in [4.69, 9.17) is 4.99 Å². The van der Waals surface area contributed by atoms with Gasteiger partial charge in [-0.15, -0.1) is 0 Å². The predicted octanol–water partition coefficient (Wildman–Crippen LogP) is 4.69. The fraction of sp³-hybridized carbons (Fsp3) is 0.258. The third-order valence-electron chi connectivity index (χ3n) is 6.58. The number of nitrogens with zero attached hydrogens (tertiary/aromatic N) is 2. The Morgan fingerprint density at radius 2 is 1.82 bits per heavy atom. The zero-order valence-corrected chi connectivity index (χ0v) is 24.1. The number of carboxylic acids is 1. The molecule has 1 atom stereocenters. The van der Waals surface area contributed by atoms with Crippen molar-refractivity contribution >= 4 is 48.3 Å². The zero-order valence-electron chi connectivity index (χ0n) is 23.3. The molecule has 0 fully saturated rings. The quantitative estimate of drug-likeness (QED) is 0.301. The van der Waals surface area contributed by atoms with Gasteiger partial charge in [-0.25, -0.2) is 4.79 Å². The Kier molecular flexibility index (Phi) is 11.9. The van der Waals surface area contributed by atoms with Crippen LogP contribution in [0.5, 0.6) is 0 Å². The van der Waals surface area contributed by atoms with Crippen molar-refractivity contribution in [2.75, 3.05) is 18.6 Å². The van der Waals surface area contributed by atoms with Crippen LogP contribution in [0.1, 0.15) is 33.5 Å². The number of thioether (sulfide) groups is 1. The number of aryl methyl sites for hydroxylation is 1. The second kappa shape index (κ2) is 15.4. The molecule has 9 heteroatoms. The number of carbonyl (C=O) groups is 2. The SMILES string of the molecule is CSCC[C@H](NC(=O)c1cccc(CN=C2CN(Cc3ccccc3)C=CN2)c1-c1ccccc1C)C(=O)O.[Li]. The summed E-state index contributed by atoms with van der Waals surface area (Å²) in [6.45, 7) is 3.80. The van der Waals surface area contributed by atoms with Crippen molar-refractivity contribution in [1.82, 2.24) is 15.5 Å². The second-order valence-corrected chi connectivity index (χ2v) is 10.4. The minimum absolute atomic E-state index is 0. The molecule has 3 aromatic carbocycles. The van der Waals surface area contributed by atoms with Gasteiger partial charge in [0, 0.05) is 43.4 Å². The Bertz CT molecular complexity index is 1360. The van der Waals surface area contributed by atoms with Crippen LogP contribution in [0.25, 0.3) is 11.1 Å². The number of aliphatic imine (C=N–C) groups is 1. The van der Waals surface area contributed by atoms with Gasteiger partial charge in [-0.3, -0.25) is 9.79 Å². The van der Waals surface area contributed by atoms with Crippen LogP contribution in [0.4, 0.5) is 0 Å². The topological polar surface area (TPSA) is 94.0 Å². The monoisotopic (exact) mass is 549 g/mol. The van der Waals surface area contributed by atoms with Crippen molar-refractivity contribution in [3.05, 3.63) is 107 Å². The van der Waals surface area contributed by atoms with E-state index in [2.05, 4.69) is 27.7 Å². The predicted molar refractivity (Wildman–Crippen MR) is 165 cm³/mol. The van der Waals surface area contributed by atoms with E-state index >= 15 is 0 Å². The first kappa shape index (κ1) is 31.1. The molecule has 0 aliphatic carbocycles. The van der Waals surface area contributed by atoms with Crippen LogP contribution in [0.3, 0.4) is 0 Å². The van der Waals surface area contributed by atoms with Crippen LogP contribution in [-0.4, -0.2) is 71.2 Å². The minimum atomic E-state index is -1.03. The molecule has 0 spiro atoms.